The van der Waals surface area contributed by atoms with Crippen molar-refractivity contribution in [2.24, 2.45) is 0 Å². The third-order valence-corrected chi connectivity index (χ3v) is 3.78. The number of esters is 1. The molecule has 0 N–H and O–H groups in total. The van der Waals surface area contributed by atoms with Crippen LogP contribution in [0.2, 0.25) is 0 Å². The third kappa shape index (κ3) is 3.34. The molecule has 0 amide bonds. The van der Waals surface area contributed by atoms with Crippen LogP contribution in [0.1, 0.15) is 23.1 Å². The van der Waals surface area contributed by atoms with Crippen molar-refractivity contribution in [2.75, 3.05) is 46.9 Å². The molecule has 2 rings (SSSR count). The number of nitrogens with zero attached hydrogens (tertiary/aromatic N) is 5. The molecule has 7 heteroatoms. The summed E-state index contributed by atoms with van der Waals surface area (Å²) in [5, 5.41) is 8.03. The number of rotatable bonds is 5. The molecular weight excluding hydrogens is 258 g/mol. The SMILES string of the molecule is CCc1c(C(=O)OC)nnn1CCN1CCN(C)CC1. The summed E-state index contributed by atoms with van der Waals surface area (Å²) in [4.78, 5) is 16.3. The van der Waals surface area contributed by atoms with Gasteiger partial charge in [-0.1, -0.05) is 12.1 Å². The lowest BCUT2D eigenvalue weighted by molar-refractivity contribution is 0.0592. The molecule has 0 spiro atoms. The molecule has 1 saturated heterocycles. The summed E-state index contributed by atoms with van der Waals surface area (Å²) in [6.07, 6.45) is 0.722. The fourth-order valence-corrected chi connectivity index (χ4v) is 2.43. The van der Waals surface area contributed by atoms with Crippen molar-refractivity contribution < 1.29 is 9.53 Å². The number of hydrogen-bond donors (Lipinski definition) is 0. The zero-order chi connectivity index (χ0) is 14.5. The molecule has 2 heterocycles. The van der Waals surface area contributed by atoms with Crippen LogP contribution in [-0.4, -0.2) is 77.6 Å². The van der Waals surface area contributed by atoms with Gasteiger partial charge in [0.15, 0.2) is 5.69 Å². The van der Waals surface area contributed by atoms with Gasteiger partial charge in [-0.3, -0.25) is 4.90 Å². The Morgan fingerprint density at radius 2 is 1.95 bits per heavy atom. The van der Waals surface area contributed by atoms with E-state index in [1.165, 1.54) is 7.11 Å². The van der Waals surface area contributed by atoms with Crippen LogP contribution in [-0.2, 0) is 17.7 Å². The van der Waals surface area contributed by atoms with Gasteiger partial charge in [-0.2, -0.15) is 0 Å². The summed E-state index contributed by atoms with van der Waals surface area (Å²) in [5.74, 6) is -0.410. The van der Waals surface area contributed by atoms with E-state index in [0.717, 1.165) is 51.4 Å². The quantitative estimate of drug-likeness (QED) is 0.701. The molecule has 7 nitrogen and oxygen atoms in total. The van der Waals surface area contributed by atoms with Gasteiger partial charge < -0.3 is 9.64 Å². The molecule has 0 atom stereocenters. The fraction of sp³-hybridized carbons (Fsp3) is 0.769. The molecule has 0 unspecified atom stereocenters. The zero-order valence-corrected chi connectivity index (χ0v) is 12.5. The molecule has 1 aliphatic rings. The number of hydrogen-bond acceptors (Lipinski definition) is 6. The van der Waals surface area contributed by atoms with E-state index >= 15 is 0 Å². The van der Waals surface area contributed by atoms with Crippen LogP contribution >= 0.6 is 0 Å². The van der Waals surface area contributed by atoms with Gasteiger partial charge in [0.1, 0.15) is 0 Å². The first-order valence-electron chi connectivity index (χ1n) is 7.07. The van der Waals surface area contributed by atoms with Crippen LogP contribution in [0.3, 0.4) is 0 Å². The minimum atomic E-state index is -0.410. The maximum atomic E-state index is 11.6. The highest BCUT2D eigenvalue weighted by atomic mass is 16.5. The highest BCUT2D eigenvalue weighted by Gasteiger charge is 2.20. The molecule has 1 aromatic heterocycles. The Morgan fingerprint density at radius 3 is 2.55 bits per heavy atom. The maximum absolute atomic E-state index is 11.6. The number of methoxy groups -OCH3 is 1. The largest absolute Gasteiger partial charge is 0.464 e. The van der Waals surface area contributed by atoms with E-state index in [1.807, 2.05) is 11.6 Å². The summed E-state index contributed by atoms with van der Waals surface area (Å²) in [5.41, 5.74) is 1.19. The molecule has 0 bridgehead atoms. The first-order valence-corrected chi connectivity index (χ1v) is 7.07. The van der Waals surface area contributed by atoms with E-state index < -0.39 is 5.97 Å². The van der Waals surface area contributed by atoms with Crippen LogP contribution < -0.4 is 0 Å². The molecular formula is C13H23N5O2. The third-order valence-electron chi connectivity index (χ3n) is 3.78. The van der Waals surface area contributed by atoms with Crippen LogP contribution in [0.4, 0.5) is 0 Å². The molecule has 1 aromatic rings. The van der Waals surface area contributed by atoms with Crippen molar-refractivity contribution in [3.05, 3.63) is 11.4 Å². The summed E-state index contributed by atoms with van der Waals surface area (Å²) >= 11 is 0. The average Bonchev–Trinajstić information content (AvgIpc) is 2.88. The number of carbonyl (C=O) groups excluding carboxylic acids is 1. The zero-order valence-electron chi connectivity index (χ0n) is 12.5. The summed E-state index contributed by atoms with van der Waals surface area (Å²) in [6, 6.07) is 0. The fourth-order valence-electron chi connectivity index (χ4n) is 2.43. The minimum absolute atomic E-state index is 0.341. The second kappa shape index (κ2) is 6.81. The highest BCUT2D eigenvalue weighted by molar-refractivity contribution is 5.88. The molecule has 112 valence electrons. The minimum Gasteiger partial charge on any atom is -0.464 e. The van der Waals surface area contributed by atoms with Crippen molar-refractivity contribution in [3.8, 4) is 0 Å². The Hall–Kier alpha value is -1.47. The van der Waals surface area contributed by atoms with Crippen molar-refractivity contribution >= 4 is 5.97 Å². The monoisotopic (exact) mass is 281 g/mol. The number of piperazine rings is 1. The van der Waals surface area contributed by atoms with E-state index in [0.29, 0.717) is 5.69 Å². The lowest BCUT2D eigenvalue weighted by Gasteiger charge is -2.32. The standard InChI is InChI=1S/C13H23N5O2/c1-4-11-12(13(19)20-3)14-15-18(11)10-9-17-7-5-16(2)6-8-17/h4-10H2,1-3H3. The van der Waals surface area contributed by atoms with Gasteiger partial charge in [0, 0.05) is 32.7 Å². The number of carbonyl (C=O) groups is 1. The van der Waals surface area contributed by atoms with Crippen molar-refractivity contribution in [2.45, 2.75) is 19.9 Å². The van der Waals surface area contributed by atoms with Crippen molar-refractivity contribution in [3.63, 3.8) is 0 Å². The maximum Gasteiger partial charge on any atom is 0.360 e. The molecule has 0 aliphatic carbocycles. The van der Waals surface area contributed by atoms with Crippen LogP contribution in [0, 0.1) is 0 Å². The Balaban J connectivity index is 1.96. The lowest BCUT2D eigenvalue weighted by atomic mass is 10.2. The Bertz CT molecular complexity index is 452. The topological polar surface area (TPSA) is 63.5 Å². The van der Waals surface area contributed by atoms with Crippen molar-refractivity contribution in [1.29, 1.82) is 0 Å². The average molecular weight is 281 g/mol. The van der Waals surface area contributed by atoms with Gasteiger partial charge in [0.05, 0.1) is 19.3 Å². The highest BCUT2D eigenvalue weighted by Crippen LogP contribution is 2.08. The Morgan fingerprint density at radius 1 is 1.25 bits per heavy atom. The van der Waals surface area contributed by atoms with Crippen molar-refractivity contribution in [1.82, 2.24) is 24.8 Å². The Kier molecular flexibility index (Phi) is 5.08. The molecule has 0 saturated carbocycles. The molecule has 1 aliphatic heterocycles. The summed E-state index contributed by atoms with van der Waals surface area (Å²) in [7, 11) is 3.51. The van der Waals surface area contributed by atoms with Crippen LogP contribution in [0.25, 0.3) is 0 Å². The van der Waals surface area contributed by atoms with Gasteiger partial charge in [-0.15, -0.1) is 5.10 Å². The van der Waals surface area contributed by atoms with E-state index in [1.54, 1.807) is 0 Å². The molecule has 1 fully saturated rings. The van der Waals surface area contributed by atoms with E-state index in [4.69, 9.17) is 4.74 Å². The summed E-state index contributed by atoms with van der Waals surface area (Å²) < 4.78 is 6.55. The second-order valence-electron chi connectivity index (χ2n) is 5.10. The van der Waals surface area contributed by atoms with E-state index in [-0.39, 0.29) is 0 Å². The van der Waals surface area contributed by atoms with Gasteiger partial charge in [-0.25, -0.2) is 9.48 Å². The van der Waals surface area contributed by atoms with Crippen LogP contribution in [0.5, 0.6) is 0 Å². The number of ether oxygens (including phenoxy) is 1. The predicted molar refractivity (Wildman–Crippen MR) is 74.7 cm³/mol. The van der Waals surface area contributed by atoms with Gasteiger partial charge in [0.2, 0.25) is 0 Å². The second-order valence-corrected chi connectivity index (χ2v) is 5.10. The van der Waals surface area contributed by atoms with Crippen LogP contribution in [0.15, 0.2) is 0 Å². The first kappa shape index (κ1) is 14.9. The summed E-state index contributed by atoms with van der Waals surface area (Å²) in [6.45, 7) is 8.06. The van der Waals surface area contributed by atoms with Gasteiger partial charge in [-0.05, 0) is 13.5 Å². The first-order chi connectivity index (χ1) is 9.65. The molecule has 20 heavy (non-hydrogen) atoms. The van der Waals surface area contributed by atoms with E-state index in [9.17, 15) is 4.79 Å². The Labute approximate surface area is 119 Å². The van der Waals surface area contributed by atoms with E-state index in [2.05, 4.69) is 27.2 Å². The molecule has 0 aromatic carbocycles. The number of aromatic nitrogens is 3. The number of likely N-dealkylation sites (N-methyl/N-ethyl adjacent to an activating group) is 1. The molecule has 0 radical (unpaired) electrons. The van der Waals surface area contributed by atoms with Gasteiger partial charge >= 0.3 is 5.97 Å². The normalized spacial score (nSPS) is 17.4. The smallest absolute Gasteiger partial charge is 0.360 e. The lowest BCUT2D eigenvalue weighted by Crippen LogP contribution is -2.45. The predicted octanol–water partition coefficient (Wildman–Crippen LogP) is -0.125. The van der Waals surface area contributed by atoms with Gasteiger partial charge in [0.25, 0.3) is 0 Å².